The van der Waals surface area contributed by atoms with Crippen LogP contribution in [-0.4, -0.2) is 63.0 Å². The average Bonchev–Trinajstić information content (AvgIpc) is 3.20. The number of pyridine rings is 1. The summed E-state index contributed by atoms with van der Waals surface area (Å²) in [6, 6.07) is 9.78. The number of imidazole rings is 1. The van der Waals surface area contributed by atoms with E-state index in [1.54, 1.807) is 6.07 Å². The van der Waals surface area contributed by atoms with Crippen LogP contribution in [0.1, 0.15) is 48.5 Å². The molecule has 1 aromatic carbocycles. The van der Waals surface area contributed by atoms with Gasteiger partial charge >= 0.3 is 5.69 Å². The number of nitrogens with one attached hydrogen (secondary N) is 1. The standard InChI is InChI=1S/C25H29Cl2N5O2/c26-20-15-18(16-28-23(20)27)24(33)31-13-6-17(7-14-31)5-10-30-11-8-19(9-12-30)32-22-4-2-1-3-21(22)29-25(32)34/h1-4,15-17,19H,5-14H2,(H,29,34). The van der Waals surface area contributed by atoms with Crippen LogP contribution in [0.15, 0.2) is 41.3 Å². The summed E-state index contributed by atoms with van der Waals surface area (Å²) in [4.78, 5) is 36.6. The Morgan fingerprint density at radius 3 is 2.53 bits per heavy atom. The summed E-state index contributed by atoms with van der Waals surface area (Å²) in [5, 5.41) is 0.523. The van der Waals surface area contributed by atoms with E-state index in [0.717, 1.165) is 75.9 Å². The van der Waals surface area contributed by atoms with Gasteiger partial charge in [-0.05, 0) is 62.8 Å². The second-order valence-corrected chi connectivity index (χ2v) is 10.2. The maximum Gasteiger partial charge on any atom is 0.326 e. The van der Waals surface area contributed by atoms with Crippen LogP contribution in [0.3, 0.4) is 0 Å². The molecule has 2 saturated heterocycles. The molecule has 0 atom stereocenters. The number of aromatic nitrogens is 3. The molecule has 7 nitrogen and oxygen atoms in total. The fourth-order valence-electron chi connectivity index (χ4n) is 5.35. The maximum absolute atomic E-state index is 12.8. The summed E-state index contributed by atoms with van der Waals surface area (Å²) in [5.74, 6) is 0.601. The number of hydrogen-bond acceptors (Lipinski definition) is 4. The second kappa shape index (κ2) is 10.1. The van der Waals surface area contributed by atoms with Gasteiger partial charge in [0.05, 0.1) is 21.6 Å². The molecule has 0 spiro atoms. The van der Waals surface area contributed by atoms with Gasteiger partial charge in [-0.2, -0.15) is 0 Å². The molecule has 0 unspecified atom stereocenters. The number of amides is 1. The third-order valence-corrected chi connectivity index (χ3v) is 8.03. The number of hydrogen-bond donors (Lipinski definition) is 1. The van der Waals surface area contributed by atoms with Crippen molar-refractivity contribution < 1.29 is 4.79 Å². The lowest BCUT2D eigenvalue weighted by atomic mass is 9.92. The fraction of sp³-hybridized carbons (Fsp3) is 0.480. The highest BCUT2D eigenvalue weighted by Crippen LogP contribution is 2.27. The number of nitrogens with zero attached hydrogens (tertiary/aromatic N) is 4. The van der Waals surface area contributed by atoms with Crippen molar-refractivity contribution >= 4 is 40.1 Å². The Balaban J connectivity index is 1.08. The highest BCUT2D eigenvalue weighted by Gasteiger charge is 2.27. The van der Waals surface area contributed by atoms with Gasteiger partial charge in [0.1, 0.15) is 5.15 Å². The predicted molar refractivity (Wildman–Crippen MR) is 135 cm³/mol. The molecule has 0 bridgehead atoms. The summed E-state index contributed by atoms with van der Waals surface area (Å²) >= 11 is 11.9. The van der Waals surface area contributed by atoms with E-state index in [9.17, 15) is 9.59 Å². The Morgan fingerprint density at radius 1 is 1.06 bits per heavy atom. The minimum absolute atomic E-state index is 0.00221. The third-order valence-electron chi connectivity index (χ3n) is 7.34. The molecule has 0 aliphatic carbocycles. The molecule has 1 N–H and O–H groups in total. The monoisotopic (exact) mass is 501 g/mol. The van der Waals surface area contributed by atoms with Gasteiger partial charge in [0, 0.05) is 38.4 Å². The number of para-hydroxylation sites is 2. The van der Waals surface area contributed by atoms with Crippen LogP contribution in [0.25, 0.3) is 11.0 Å². The zero-order valence-electron chi connectivity index (χ0n) is 19.1. The van der Waals surface area contributed by atoms with Crippen molar-refractivity contribution in [2.24, 2.45) is 5.92 Å². The van der Waals surface area contributed by atoms with E-state index in [0.29, 0.717) is 16.5 Å². The zero-order valence-corrected chi connectivity index (χ0v) is 20.6. The minimum atomic E-state index is -0.0286. The van der Waals surface area contributed by atoms with Crippen molar-refractivity contribution in [3.05, 3.63) is 62.8 Å². The number of carbonyl (C=O) groups is 1. The number of rotatable bonds is 5. The molecule has 34 heavy (non-hydrogen) atoms. The van der Waals surface area contributed by atoms with Crippen LogP contribution >= 0.6 is 23.2 Å². The first-order valence-corrected chi connectivity index (χ1v) is 12.8. The Kier molecular flexibility index (Phi) is 6.95. The molecule has 3 aromatic rings. The minimum Gasteiger partial charge on any atom is -0.339 e. The zero-order chi connectivity index (χ0) is 23.7. The van der Waals surface area contributed by atoms with E-state index in [1.165, 1.54) is 6.20 Å². The number of benzene rings is 1. The van der Waals surface area contributed by atoms with Gasteiger partial charge in [-0.1, -0.05) is 35.3 Å². The average molecular weight is 502 g/mol. The molecule has 4 heterocycles. The Morgan fingerprint density at radius 2 is 1.79 bits per heavy atom. The summed E-state index contributed by atoms with van der Waals surface area (Å²) in [6.45, 7) is 4.62. The van der Waals surface area contributed by atoms with Gasteiger partial charge < -0.3 is 14.8 Å². The predicted octanol–water partition coefficient (Wildman–Crippen LogP) is 4.61. The van der Waals surface area contributed by atoms with Gasteiger partial charge in [0.15, 0.2) is 0 Å². The SMILES string of the molecule is O=C(c1cnc(Cl)c(Cl)c1)N1CCC(CCN2CCC(n3c(=O)[nH]c4ccccc43)CC2)CC1. The number of carbonyl (C=O) groups excluding carboxylic acids is 1. The van der Waals surface area contributed by atoms with Gasteiger partial charge in [0.2, 0.25) is 0 Å². The normalized spacial score (nSPS) is 18.6. The van der Waals surface area contributed by atoms with Gasteiger partial charge in [-0.3, -0.25) is 9.36 Å². The fourth-order valence-corrected chi connectivity index (χ4v) is 5.62. The maximum atomic E-state index is 12.8. The lowest BCUT2D eigenvalue weighted by Crippen LogP contribution is -2.40. The molecule has 2 fully saturated rings. The van der Waals surface area contributed by atoms with Crippen LogP contribution in [-0.2, 0) is 0 Å². The molecule has 0 radical (unpaired) electrons. The smallest absolute Gasteiger partial charge is 0.326 e. The van der Waals surface area contributed by atoms with Crippen molar-refractivity contribution in [3.8, 4) is 0 Å². The molecule has 5 rings (SSSR count). The van der Waals surface area contributed by atoms with Crippen molar-refractivity contribution in [2.45, 2.75) is 38.1 Å². The Bertz CT molecular complexity index is 1220. The Labute approximate surface area is 208 Å². The molecular formula is C25H29Cl2N5O2. The Hall–Kier alpha value is -2.35. The third kappa shape index (κ3) is 4.88. The molecule has 2 aromatic heterocycles. The van der Waals surface area contributed by atoms with E-state index in [4.69, 9.17) is 23.2 Å². The van der Waals surface area contributed by atoms with E-state index in [-0.39, 0.29) is 22.8 Å². The summed E-state index contributed by atoms with van der Waals surface area (Å²) in [6.07, 6.45) is 6.66. The lowest BCUT2D eigenvalue weighted by Gasteiger charge is -2.35. The molecule has 2 aliphatic heterocycles. The first-order valence-electron chi connectivity index (χ1n) is 12.0. The quantitative estimate of drug-likeness (QED) is 0.518. The number of piperidine rings is 2. The number of fused-ring (bicyclic) bond motifs is 1. The number of H-pyrrole nitrogens is 1. The van der Waals surface area contributed by atoms with Gasteiger partial charge in [-0.25, -0.2) is 9.78 Å². The molecule has 0 saturated carbocycles. The van der Waals surface area contributed by atoms with Gasteiger partial charge in [0.25, 0.3) is 5.91 Å². The van der Waals surface area contributed by atoms with Crippen molar-refractivity contribution in [3.63, 3.8) is 0 Å². The van der Waals surface area contributed by atoms with E-state index in [1.807, 2.05) is 33.7 Å². The lowest BCUT2D eigenvalue weighted by molar-refractivity contribution is 0.0677. The van der Waals surface area contributed by atoms with Crippen LogP contribution < -0.4 is 5.69 Å². The second-order valence-electron chi connectivity index (χ2n) is 9.41. The molecule has 1 amide bonds. The van der Waals surface area contributed by atoms with Crippen molar-refractivity contribution in [2.75, 3.05) is 32.7 Å². The van der Waals surface area contributed by atoms with Crippen molar-refractivity contribution in [1.29, 1.82) is 0 Å². The topological polar surface area (TPSA) is 74.2 Å². The van der Waals surface area contributed by atoms with Crippen LogP contribution in [0, 0.1) is 5.92 Å². The first kappa shape index (κ1) is 23.4. The largest absolute Gasteiger partial charge is 0.339 e. The van der Waals surface area contributed by atoms with Crippen molar-refractivity contribution in [1.82, 2.24) is 24.3 Å². The summed E-state index contributed by atoms with van der Waals surface area (Å²) in [5.41, 5.74) is 2.40. The first-order chi connectivity index (χ1) is 16.5. The highest BCUT2D eigenvalue weighted by atomic mass is 35.5. The highest BCUT2D eigenvalue weighted by molar-refractivity contribution is 6.41. The molecular weight excluding hydrogens is 473 g/mol. The number of halogens is 2. The summed E-state index contributed by atoms with van der Waals surface area (Å²) in [7, 11) is 0. The molecule has 180 valence electrons. The van der Waals surface area contributed by atoms with Crippen LogP contribution in [0.2, 0.25) is 10.2 Å². The molecule has 9 heteroatoms. The van der Waals surface area contributed by atoms with Gasteiger partial charge in [-0.15, -0.1) is 0 Å². The number of likely N-dealkylation sites (tertiary alicyclic amines) is 2. The van der Waals surface area contributed by atoms with Crippen LogP contribution in [0.4, 0.5) is 0 Å². The van der Waals surface area contributed by atoms with Crippen LogP contribution in [0.5, 0.6) is 0 Å². The van der Waals surface area contributed by atoms with E-state index in [2.05, 4.69) is 14.9 Å². The summed E-state index contributed by atoms with van der Waals surface area (Å²) < 4.78 is 1.95. The number of aromatic amines is 1. The van der Waals surface area contributed by atoms with E-state index >= 15 is 0 Å². The molecule has 2 aliphatic rings. The van der Waals surface area contributed by atoms with E-state index < -0.39 is 0 Å².